The van der Waals surface area contributed by atoms with Crippen molar-refractivity contribution in [3.8, 4) is 0 Å². The summed E-state index contributed by atoms with van der Waals surface area (Å²) in [6.45, 7) is 44.0. The average molecular weight is 1690 g/mol. The monoisotopic (exact) mass is 1690 g/mol. The summed E-state index contributed by atoms with van der Waals surface area (Å²) in [7, 11) is 0. The fraction of sp³-hybridized carbons (Fsp3) is 0.314. The second-order valence-corrected chi connectivity index (χ2v) is 23.1. The molecule has 0 aliphatic carbocycles. The number of hydrogen-bond acceptors (Lipinski definition) is 24. The molecule has 23 rings (SSSR count). The number of hydrogen-bond donors (Lipinski definition) is 0. The molecule has 0 bridgehead atoms. The molecule has 9 aromatic heterocycles. The van der Waals surface area contributed by atoms with E-state index in [1.54, 1.807) is 74.4 Å². The van der Waals surface area contributed by atoms with Gasteiger partial charge in [-0.2, -0.15) is 10.2 Å². The lowest BCUT2D eigenvalue weighted by atomic mass is 10.1. The van der Waals surface area contributed by atoms with Crippen molar-refractivity contribution in [1.29, 1.82) is 0 Å². The predicted octanol–water partition coefficient (Wildman–Crippen LogP) is 26.3. The minimum absolute atomic E-state index is 0.713. The molecule has 10 aliphatic rings. The molecule has 0 spiro atoms. The second kappa shape index (κ2) is 70.6. The van der Waals surface area contributed by atoms with E-state index >= 15 is 0 Å². The summed E-state index contributed by atoms with van der Waals surface area (Å²) in [5, 5.41) is 23.2. The Labute approximate surface area is 750 Å². The zero-order valence-electron chi connectivity index (χ0n) is 78.4. The first-order valence-corrected chi connectivity index (χ1v) is 44.5. The van der Waals surface area contributed by atoms with Gasteiger partial charge in [-0.05, 0) is 63.5 Å². The largest absolute Gasteiger partial charge is 0.264 e. The first-order valence-electron chi connectivity index (χ1n) is 44.5. The molecule has 19 heterocycles. The third-order valence-corrected chi connectivity index (χ3v) is 16.3. The van der Waals surface area contributed by atoms with Crippen LogP contribution >= 0.6 is 0 Å². The van der Waals surface area contributed by atoms with Crippen molar-refractivity contribution in [2.45, 2.75) is 217 Å². The molecule has 0 N–H and O–H groups in total. The van der Waals surface area contributed by atoms with Gasteiger partial charge in [-0.25, -0.2) is 39.9 Å². The number of pyridine rings is 5. The molecule has 0 radical (unpaired) electrons. The zero-order valence-corrected chi connectivity index (χ0v) is 78.4. The zero-order chi connectivity index (χ0) is 92.4. The molecule has 13 aromatic rings. The summed E-state index contributed by atoms with van der Waals surface area (Å²) in [5.74, 6) is 3.20. The summed E-state index contributed by atoms with van der Waals surface area (Å²) < 4.78 is 0. The van der Waals surface area contributed by atoms with Crippen LogP contribution < -0.4 is 0 Å². The molecular weight excluding hydrogens is 1560 g/mol. The fourth-order valence-electron chi connectivity index (χ4n) is 11.0. The number of fused-ring (bicyclic) bond motifs is 13. The number of rotatable bonds is 0. The Bertz CT molecular complexity index is 4560. The van der Waals surface area contributed by atoms with Crippen molar-refractivity contribution < 1.29 is 0 Å². The van der Waals surface area contributed by atoms with Crippen molar-refractivity contribution in [2.75, 3.05) is 0 Å². The molecule has 10 aliphatic heterocycles. The molecule has 0 amide bonds. The Morgan fingerprint density at radius 2 is 0.603 bits per heavy atom. The van der Waals surface area contributed by atoms with Gasteiger partial charge in [0.2, 0.25) is 0 Å². The maximum Gasteiger partial charge on any atom is 0.181 e. The summed E-state index contributed by atoms with van der Waals surface area (Å²) in [5.41, 5.74) is 17.9. The van der Waals surface area contributed by atoms with Gasteiger partial charge in [-0.15, -0.1) is 10.2 Å². The highest BCUT2D eigenvalue weighted by Gasteiger charge is 2.13. The van der Waals surface area contributed by atoms with Gasteiger partial charge in [0, 0.05) is 221 Å². The molecule has 24 nitrogen and oxygen atoms in total. The van der Waals surface area contributed by atoms with Crippen molar-refractivity contribution in [1.82, 2.24) is 70.5 Å². The van der Waals surface area contributed by atoms with Crippen molar-refractivity contribution in [2.24, 2.45) is 49.9 Å². The van der Waals surface area contributed by atoms with E-state index in [9.17, 15) is 0 Å². The number of para-hydroxylation sites is 1. The molecule has 0 unspecified atom stereocenters. The van der Waals surface area contributed by atoms with E-state index in [0.29, 0.717) is 5.82 Å². The predicted molar refractivity (Wildman–Crippen MR) is 538 cm³/mol. The number of benzene rings is 4. The molecular formula is C102H132N24. The molecule has 4 aromatic carbocycles. The highest BCUT2D eigenvalue weighted by atomic mass is 15.3. The highest BCUT2D eigenvalue weighted by molar-refractivity contribution is 5.97. The van der Waals surface area contributed by atoms with E-state index in [0.717, 1.165) is 144 Å². The topological polar surface area (TPSA) is 304 Å². The first kappa shape index (κ1) is 108. The van der Waals surface area contributed by atoms with Crippen LogP contribution in [0.4, 0.5) is 57.4 Å². The van der Waals surface area contributed by atoms with Crippen LogP contribution in [0.2, 0.25) is 0 Å². The average Bonchev–Trinajstić information content (AvgIpc) is 1.43. The van der Waals surface area contributed by atoms with Crippen LogP contribution in [0.25, 0.3) is 21.5 Å². The lowest BCUT2D eigenvalue weighted by molar-refractivity contribution is 0.857. The van der Waals surface area contributed by atoms with Crippen molar-refractivity contribution >= 4 is 141 Å². The number of aliphatic imine (C=N–C) groups is 10. The van der Waals surface area contributed by atoms with E-state index in [1.807, 2.05) is 281 Å². The van der Waals surface area contributed by atoms with E-state index in [4.69, 9.17) is 0 Å². The molecule has 24 heteroatoms. The number of nitrogens with zero attached hydrogens (tertiary/aromatic N) is 24. The fourth-order valence-corrected chi connectivity index (χ4v) is 11.0. The van der Waals surface area contributed by atoms with Crippen LogP contribution in [0.5, 0.6) is 0 Å². The van der Waals surface area contributed by atoms with Crippen molar-refractivity contribution in [3.05, 3.63) is 276 Å². The summed E-state index contributed by atoms with van der Waals surface area (Å²) in [4.78, 5) is 77.4. The Hall–Kier alpha value is -13.9. The SMILES string of the molecule is C1=Nc2c(ncc3ccccc23)C1.C1=Nc2ccccc2C1.C1=Nc2cccnc2C1.C1=Nc2ccncc2C1.C1=Nc2cnccc2C1.C1=Nc2cnncc2C1.C1=Nc2ncccc2C1.C1=Nc2nccnc2C1.C1=Nc2ncncc2C1.C1=Nc2nnncc2C1.CC.CC.CC.CC.CC.CC.CC.CC.CC.CC.CC.c1ccc2ccccc2c1. The minimum Gasteiger partial charge on any atom is -0.264 e. The summed E-state index contributed by atoms with van der Waals surface area (Å²) in [6, 6.07) is 45.0. The third kappa shape index (κ3) is 37.4. The lowest BCUT2D eigenvalue weighted by Gasteiger charge is -2.01. The minimum atomic E-state index is 0.713. The smallest absolute Gasteiger partial charge is 0.181 e. The Morgan fingerprint density at radius 3 is 1.21 bits per heavy atom. The standard InChI is InChI=1S/C11H8N2.C10H8.C8H7N.4C7H6N2.3C6H5N3.C5H4N4.11C2H6/c1-2-4-9-8(3-1)7-13-10-5-6-12-11(9)10;1-2-6-10-8-4-3-7-9(10)5-1;1-2-4-8-7(3-1)5-6-9-8;1-4-9-7-2-3-8-5-6(1)7;1-3-8-5-7-6(1)2-4-9-7;1-2-6-7(8-4-1)3-5-9-6;1-2-6-3-5-9-7(6)8-4-1;1-2-8-6-5(1)3-7-4-9-6;1-2-7-6-4-9-8-3-5(1)6;1-2-8-6-5(1)7-3-4-9-6;1-2-6-5-4(1)3-7-9-8-5;11*1-2/h1-4,6-7H,5H2;1-8H;1-4,6H,5H2;2-5H,1H2;1,3-5H,2H2;2*1-2,4-5H,3H2;3*2-4H,1H2;2-3H,1H2;11*1-2H3. The van der Waals surface area contributed by atoms with Crippen LogP contribution in [0.3, 0.4) is 0 Å². The first-order chi connectivity index (χ1) is 62.6. The van der Waals surface area contributed by atoms with Gasteiger partial charge in [0.15, 0.2) is 23.3 Å². The lowest BCUT2D eigenvalue weighted by Crippen LogP contribution is -1.87. The molecule has 0 atom stereocenters. The van der Waals surface area contributed by atoms with Crippen molar-refractivity contribution in [3.63, 3.8) is 0 Å². The summed E-state index contributed by atoms with van der Waals surface area (Å²) in [6.07, 6.45) is 52.4. The molecule has 0 saturated carbocycles. The molecule has 0 saturated heterocycles. The Kier molecular flexibility index (Phi) is 60.6. The normalized spacial score (nSPS) is 11.6. The summed E-state index contributed by atoms with van der Waals surface area (Å²) >= 11 is 0. The van der Waals surface area contributed by atoms with Gasteiger partial charge in [-0.3, -0.25) is 54.9 Å². The van der Waals surface area contributed by atoms with E-state index in [1.165, 1.54) is 55.7 Å². The molecule has 660 valence electrons. The number of aromatic nitrogens is 14. The second-order valence-electron chi connectivity index (χ2n) is 23.1. The van der Waals surface area contributed by atoms with E-state index in [2.05, 4.69) is 193 Å². The van der Waals surface area contributed by atoms with Gasteiger partial charge in [-0.1, -0.05) is 249 Å². The molecule has 126 heavy (non-hydrogen) atoms. The third-order valence-electron chi connectivity index (χ3n) is 16.3. The van der Waals surface area contributed by atoms with Gasteiger partial charge >= 0.3 is 0 Å². The molecule has 0 fully saturated rings. The van der Waals surface area contributed by atoms with Crippen LogP contribution in [-0.4, -0.2) is 133 Å². The van der Waals surface area contributed by atoms with E-state index in [-0.39, 0.29) is 0 Å². The van der Waals surface area contributed by atoms with Crippen LogP contribution in [0.1, 0.15) is 208 Å². The quantitative estimate of drug-likeness (QED) is 0.136. The van der Waals surface area contributed by atoms with Crippen LogP contribution in [-0.2, 0) is 64.2 Å². The highest BCUT2D eigenvalue weighted by Crippen LogP contribution is 2.32. The maximum absolute atomic E-state index is 4.36. The Morgan fingerprint density at radius 1 is 0.206 bits per heavy atom. The maximum atomic E-state index is 4.36. The van der Waals surface area contributed by atoms with E-state index < -0.39 is 0 Å². The van der Waals surface area contributed by atoms with Crippen LogP contribution in [0.15, 0.2) is 270 Å². The van der Waals surface area contributed by atoms with Gasteiger partial charge in [0.1, 0.15) is 6.33 Å². The Balaban J connectivity index is 0.000000460. The van der Waals surface area contributed by atoms with Gasteiger partial charge in [0.25, 0.3) is 0 Å². The van der Waals surface area contributed by atoms with Gasteiger partial charge < -0.3 is 0 Å². The van der Waals surface area contributed by atoms with Gasteiger partial charge in [0.05, 0.1) is 76.0 Å². The van der Waals surface area contributed by atoms with Crippen LogP contribution in [0, 0.1) is 0 Å².